The van der Waals surface area contributed by atoms with E-state index in [0.717, 1.165) is 25.9 Å². The third-order valence-corrected chi connectivity index (χ3v) is 0.947. The zero-order valence-corrected chi connectivity index (χ0v) is 10.6. The van der Waals surface area contributed by atoms with Gasteiger partial charge in [0.2, 0.25) is 0 Å². The monoisotopic (exact) mass is 402 g/mol. The Hall–Kier alpha value is -0.492. The molecule has 0 amide bonds. The molecule has 7 nitrogen and oxygen atoms in total. The first-order valence-electron chi connectivity index (χ1n) is 3.84. The van der Waals surface area contributed by atoms with Crippen LogP contribution in [0.1, 0.15) is 19.3 Å². The molecule has 8 heteroatoms. The Bertz CT molecular complexity index is 141. The average molecular weight is 402 g/mol. The van der Waals surface area contributed by atoms with Gasteiger partial charge in [0.05, 0.1) is 0 Å². The molecular formula is C7H17N3O4Pt. The number of nitrogens with two attached hydrogens (primary N) is 2. The van der Waals surface area contributed by atoms with Gasteiger partial charge in [0.15, 0.2) is 0 Å². The third-order valence-electron chi connectivity index (χ3n) is 0.947. The number of unbranched alkanes of at least 4 members (excludes halogenated alkanes) is 1. The normalized spacial score (nSPS) is 7.33. The fraction of sp³-hybridized carbons (Fsp3) is 0.714. The predicted octanol–water partition coefficient (Wildman–Crippen LogP) is -3.28. The molecule has 0 aliphatic carbocycles. The summed E-state index contributed by atoms with van der Waals surface area (Å²) >= 11 is 0. The van der Waals surface area contributed by atoms with Crippen LogP contribution in [-0.4, -0.2) is 25.0 Å². The minimum absolute atomic E-state index is 0. The Morgan fingerprint density at radius 1 is 0.933 bits per heavy atom. The first kappa shape index (κ1) is 24.0. The molecule has 0 fully saturated rings. The molecule has 0 spiro atoms. The van der Waals surface area contributed by atoms with Crippen molar-refractivity contribution in [1.82, 2.24) is 6.15 Å². The summed E-state index contributed by atoms with van der Waals surface area (Å²) < 4.78 is 0. The van der Waals surface area contributed by atoms with Crippen LogP contribution in [0.2, 0.25) is 0 Å². The maximum atomic E-state index is 9.28. The number of hydrogen-bond donors (Lipinski definition) is 3. The first-order valence-corrected chi connectivity index (χ1v) is 3.84. The summed E-state index contributed by atoms with van der Waals surface area (Å²) in [6, 6.07) is 0. The largest absolute Gasteiger partial charge is 2.00 e. The smallest absolute Gasteiger partial charge is 0.550 e. The predicted molar refractivity (Wildman–Crippen MR) is 47.0 cm³/mol. The molecule has 0 aromatic heterocycles. The molecule has 0 bridgehead atoms. The Morgan fingerprint density at radius 3 is 1.27 bits per heavy atom. The van der Waals surface area contributed by atoms with E-state index in [4.69, 9.17) is 11.5 Å². The van der Waals surface area contributed by atoms with Gasteiger partial charge in [0, 0.05) is 18.4 Å². The summed E-state index contributed by atoms with van der Waals surface area (Å²) in [5.41, 5.74) is 10.3. The molecule has 0 aromatic carbocycles. The number of carbonyl (C=O) groups is 2. The quantitative estimate of drug-likeness (QED) is 0.320. The summed E-state index contributed by atoms with van der Waals surface area (Å²) in [5.74, 6) is -3.25. The number of carbonyl (C=O) groups excluding carboxylic acids is 2. The standard InChI is InChI=1S/C4H12N2.C3H4O4.H3N.Pt/c5-3-1-2-4-6;4-2(5)1-3(6)7;;/h1-6H2;1H2,(H,4,5)(H,6,7);1H3;/q;;;+2/p-2. The summed E-state index contributed by atoms with van der Waals surface area (Å²) in [4.78, 5) is 18.6. The van der Waals surface area contributed by atoms with Gasteiger partial charge in [0.1, 0.15) is 0 Å². The van der Waals surface area contributed by atoms with Crippen LogP contribution in [0.5, 0.6) is 0 Å². The van der Waals surface area contributed by atoms with Gasteiger partial charge in [-0.15, -0.1) is 0 Å². The van der Waals surface area contributed by atoms with Gasteiger partial charge in [0.25, 0.3) is 0 Å². The van der Waals surface area contributed by atoms with Crippen LogP contribution in [0.25, 0.3) is 0 Å². The summed E-state index contributed by atoms with van der Waals surface area (Å²) in [6.07, 6.45) is 1.10. The Labute approximate surface area is 103 Å². The van der Waals surface area contributed by atoms with Crippen molar-refractivity contribution < 1.29 is 40.9 Å². The van der Waals surface area contributed by atoms with E-state index in [1.807, 2.05) is 0 Å². The summed E-state index contributed by atoms with van der Waals surface area (Å²) in [7, 11) is 0. The van der Waals surface area contributed by atoms with E-state index < -0.39 is 18.4 Å². The number of hydrogen-bond acceptors (Lipinski definition) is 7. The van der Waals surface area contributed by atoms with E-state index in [2.05, 4.69) is 0 Å². The topological polar surface area (TPSA) is 167 Å². The van der Waals surface area contributed by atoms with Crippen molar-refractivity contribution in [2.24, 2.45) is 11.5 Å². The van der Waals surface area contributed by atoms with Crippen molar-refractivity contribution in [3.8, 4) is 0 Å². The van der Waals surface area contributed by atoms with E-state index in [1.165, 1.54) is 0 Å². The molecule has 0 atom stereocenters. The van der Waals surface area contributed by atoms with Gasteiger partial charge in [-0.05, 0) is 25.9 Å². The van der Waals surface area contributed by atoms with Crippen LogP contribution in [0.15, 0.2) is 0 Å². The van der Waals surface area contributed by atoms with Crippen LogP contribution in [-0.2, 0) is 30.7 Å². The molecule has 0 heterocycles. The van der Waals surface area contributed by atoms with Crippen LogP contribution in [0.4, 0.5) is 0 Å². The van der Waals surface area contributed by atoms with Gasteiger partial charge in [-0.3, -0.25) is 0 Å². The van der Waals surface area contributed by atoms with Crippen molar-refractivity contribution in [3.05, 3.63) is 0 Å². The molecule has 0 saturated heterocycles. The SMILES string of the molecule is N.NCCCCN.O=C([O-])CC(=O)[O-].[Pt+2]. The van der Waals surface area contributed by atoms with Crippen molar-refractivity contribution in [3.63, 3.8) is 0 Å². The van der Waals surface area contributed by atoms with E-state index in [1.54, 1.807) is 0 Å². The summed E-state index contributed by atoms with van der Waals surface area (Å²) in [6.45, 7) is 1.55. The zero-order valence-electron chi connectivity index (χ0n) is 8.35. The third kappa shape index (κ3) is 42.2. The van der Waals surface area contributed by atoms with Crippen LogP contribution in [0.3, 0.4) is 0 Å². The molecule has 0 aliphatic rings. The number of carboxylic acids is 2. The van der Waals surface area contributed by atoms with Gasteiger partial charge in [-0.2, -0.15) is 0 Å². The molecule has 7 N–H and O–H groups in total. The fourth-order valence-electron chi connectivity index (χ4n) is 0.407. The number of rotatable bonds is 5. The first-order chi connectivity index (χ1) is 6.04. The minimum atomic E-state index is -1.63. The second kappa shape index (κ2) is 19.1. The molecule has 0 aromatic rings. The molecule has 0 rings (SSSR count). The molecule has 0 saturated carbocycles. The van der Waals surface area contributed by atoms with Gasteiger partial charge in [-0.1, -0.05) is 0 Å². The van der Waals surface area contributed by atoms with Crippen LogP contribution in [0, 0.1) is 0 Å². The Kier molecular flexibility index (Phi) is 30.6. The number of carboxylic acid groups (broad SMARTS) is 2. The number of aliphatic carboxylic acids is 2. The fourth-order valence-corrected chi connectivity index (χ4v) is 0.407. The molecule has 94 valence electrons. The van der Waals surface area contributed by atoms with Crippen molar-refractivity contribution in [1.29, 1.82) is 0 Å². The Balaban J connectivity index is -0.0000000718. The van der Waals surface area contributed by atoms with Gasteiger partial charge in [-0.25, -0.2) is 0 Å². The van der Waals surface area contributed by atoms with Gasteiger partial charge < -0.3 is 37.4 Å². The van der Waals surface area contributed by atoms with Crippen molar-refractivity contribution in [2.45, 2.75) is 19.3 Å². The minimum Gasteiger partial charge on any atom is -0.550 e. The van der Waals surface area contributed by atoms with Crippen molar-refractivity contribution >= 4 is 11.9 Å². The Morgan fingerprint density at radius 2 is 1.20 bits per heavy atom. The zero-order chi connectivity index (χ0) is 10.7. The maximum absolute atomic E-state index is 9.28. The average Bonchev–Trinajstić information content (AvgIpc) is 1.99. The van der Waals surface area contributed by atoms with Crippen molar-refractivity contribution in [2.75, 3.05) is 13.1 Å². The molecular weight excluding hydrogens is 385 g/mol. The molecule has 0 unspecified atom stereocenters. The molecule has 15 heavy (non-hydrogen) atoms. The van der Waals surface area contributed by atoms with E-state index in [-0.39, 0.29) is 27.2 Å². The maximum Gasteiger partial charge on any atom is 2.00 e. The molecule has 0 aliphatic heterocycles. The van der Waals surface area contributed by atoms with E-state index in [9.17, 15) is 19.8 Å². The van der Waals surface area contributed by atoms with Crippen LogP contribution < -0.4 is 27.8 Å². The second-order valence-electron chi connectivity index (χ2n) is 2.21. The van der Waals surface area contributed by atoms with E-state index >= 15 is 0 Å². The van der Waals surface area contributed by atoms with Crippen LogP contribution >= 0.6 is 0 Å². The van der Waals surface area contributed by atoms with E-state index in [0.29, 0.717) is 0 Å². The molecule has 0 radical (unpaired) electrons. The second-order valence-corrected chi connectivity index (χ2v) is 2.21. The summed E-state index contributed by atoms with van der Waals surface area (Å²) in [5, 5.41) is 18.6. The van der Waals surface area contributed by atoms with Gasteiger partial charge >= 0.3 is 21.1 Å².